The summed E-state index contributed by atoms with van der Waals surface area (Å²) < 4.78 is 0. The fourth-order valence-corrected chi connectivity index (χ4v) is 1.82. The molecule has 0 saturated carbocycles. The molecular weight excluding hydrogens is 206 g/mol. The van der Waals surface area contributed by atoms with Gasteiger partial charge >= 0.3 is 11.9 Å². The Hall–Kier alpha value is -1.40. The van der Waals surface area contributed by atoms with Crippen LogP contribution in [-0.4, -0.2) is 28.2 Å². The van der Waals surface area contributed by atoms with Gasteiger partial charge in [-0.1, -0.05) is 0 Å². The van der Waals surface area contributed by atoms with E-state index in [4.69, 9.17) is 15.9 Å². The second kappa shape index (κ2) is 4.21. The highest BCUT2D eigenvalue weighted by Gasteiger charge is 2.14. The van der Waals surface area contributed by atoms with E-state index in [2.05, 4.69) is 0 Å². The molecule has 6 heteroatoms. The molecule has 1 rings (SSSR count). The molecule has 1 atom stereocenters. The van der Waals surface area contributed by atoms with Gasteiger partial charge in [0, 0.05) is 16.7 Å². The van der Waals surface area contributed by atoms with Crippen molar-refractivity contribution in [3.63, 3.8) is 0 Å². The Morgan fingerprint density at radius 3 is 2.57 bits per heavy atom. The Balaban J connectivity index is 2.69. The van der Waals surface area contributed by atoms with E-state index in [1.165, 1.54) is 22.8 Å². The summed E-state index contributed by atoms with van der Waals surface area (Å²) in [6.45, 7) is 0. The van der Waals surface area contributed by atoms with E-state index in [-0.39, 0.29) is 12.0 Å². The van der Waals surface area contributed by atoms with E-state index in [9.17, 15) is 9.59 Å². The number of carboxylic acids is 2. The molecule has 1 aromatic heterocycles. The molecular formula is C8H9NO4S. The summed E-state index contributed by atoms with van der Waals surface area (Å²) in [7, 11) is 0. The first-order chi connectivity index (χ1) is 6.50. The van der Waals surface area contributed by atoms with Crippen molar-refractivity contribution in [3.8, 4) is 0 Å². The van der Waals surface area contributed by atoms with Crippen molar-refractivity contribution in [2.24, 2.45) is 5.73 Å². The summed E-state index contributed by atoms with van der Waals surface area (Å²) in [5, 5.41) is 18.6. The number of carbonyl (C=O) groups is 2. The maximum absolute atomic E-state index is 10.5. The third-order valence-corrected chi connectivity index (χ3v) is 2.60. The minimum Gasteiger partial charge on any atom is -0.480 e. The lowest BCUT2D eigenvalue weighted by Gasteiger charge is -2.02. The molecule has 1 aromatic rings. The quantitative estimate of drug-likeness (QED) is 0.675. The van der Waals surface area contributed by atoms with Crippen molar-refractivity contribution in [1.29, 1.82) is 0 Å². The number of aliphatic carboxylic acids is 1. The molecule has 0 radical (unpaired) electrons. The molecule has 0 saturated heterocycles. The average Bonchev–Trinajstić information content (AvgIpc) is 2.52. The molecule has 1 heterocycles. The molecule has 0 amide bonds. The summed E-state index contributed by atoms with van der Waals surface area (Å²) in [5.41, 5.74) is 5.46. The number of nitrogens with two attached hydrogens (primary N) is 1. The lowest BCUT2D eigenvalue weighted by atomic mass is 10.2. The van der Waals surface area contributed by atoms with Gasteiger partial charge in [0.05, 0.1) is 5.56 Å². The van der Waals surface area contributed by atoms with Gasteiger partial charge in [-0.2, -0.15) is 0 Å². The molecule has 14 heavy (non-hydrogen) atoms. The molecule has 76 valence electrons. The summed E-state index contributed by atoms with van der Waals surface area (Å²) >= 11 is 1.20. The van der Waals surface area contributed by atoms with Crippen molar-refractivity contribution in [1.82, 2.24) is 0 Å². The minimum atomic E-state index is -1.09. The standard InChI is InChI=1S/C8H9NO4S/c9-6(8(12)13)2-5-1-4(3-14-5)7(10)11/h1,3,6H,2,9H2,(H,10,11)(H,12,13)/t6-/m0/s1. The summed E-state index contributed by atoms with van der Waals surface area (Å²) in [5.74, 6) is -2.10. The number of thiophene rings is 1. The van der Waals surface area contributed by atoms with Crippen LogP contribution >= 0.6 is 11.3 Å². The van der Waals surface area contributed by atoms with Crippen LogP contribution in [0.4, 0.5) is 0 Å². The highest BCUT2D eigenvalue weighted by atomic mass is 32.1. The number of hydrogen-bond donors (Lipinski definition) is 3. The lowest BCUT2D eigenvalue weighted by Crippen LogP contribution is -2.31. The molecule has 0 fully saturated rings. The van der Waals surface area contributed by atoms with Crippen LogP contribution in [0.15, 0.2) is 11.4 Å². The topological polar surface area (TPSA) is 101 Å². The van der Waals surface area contributed by atoms with E-state index in [1.807, 2.05) is 0 Å². The third kappa shape index (κ3) is 2.54. The van der Waals surface area contributed by atoms with Crippen molar-refractivity contribution in [3.05, 3.63) is 21.9 Å². The largest absolute Gasteiger partial charge is 0.480 e. The second-order valence-corrected chi connectivity index (χ2v) is 3.75. The molecule has 0 aliphatic heterocycles. The fraction of sp³-hybridized carbons (Fsp3) is 0.250. The zero-order valence-corrected chi connectivity index (χ0v) is 7.95. The normalized spacial score (nSPS) is 12.4. The van der Waals surface area contributed by atoms with Crippen molar-refractivity contribution < 1.29 is 19.8 Å². The SMILES string of the molecule is N[C@@H](Cc1cc(C(=O)O)cs1)C(=O)O. The van der Waals surface area contributed by atoms with E-state index in [0.29, 0.717) is 4.88 Å². The van der Waals surface area contributed by atoms with Gasteiger partial charge in [0.1, 0.15) is 6.04 Å². The van der Waals surface area contributed by atoms with Gasteiger partial charge < -0.3 is 15.9 Å². The van der Waals surface area contributed by atoms with Gasteiger partial charge in [0.15, 0.2) is 0 Å². The maximum atomic E-state index is 10.5. The van der Waals surface area contributed by atoms with Gasteiger partial charge in [-0.3, -0.25) is 4.79 Å². The average molecular weight is 215 g/mol. The number of hydrogen-bond acceptors (Lipinski definition) is 4. The van der Waals surface area contributed by atoms with Crippen LogP contribution in [-0.2, 0) is 11.2 Å². The second-order valence-electron chi connectivity index (χ2n) is 2.76. The van der Waals surface area contributed by atoms with E-state index in [1.54, 1.807) is 0 Å². The van der Waals surface area contributed by atoms with Gasteiger partial charge in [-0.15, -0.1) is 11.3 Å². The molecule has 0 spiro atoms. The van der Waals surface area contributed by atoms with Crippen LogP contribution in [0.5, 0.6) is 0 Å². The number of rotatable bonds is 4. The van der Waals surface area contributed by atoms with Gasteiger partial charge in [-0.05, 0) is 6.07 Å². The van der Waals surface area contributed by atoms with Gasteiger partial charge in [0.2, 0.25) is 0 Å². The number of carboxylic acid groups (broad SMARTS) is 2. The first-order valence-corrected chi connectivity index (χ1v) is 4.67. The van der Waals surface area contributed by atoms with Gasteiger partial charge in [0.25, 0.3) is 0 Å². The zero-order chi connectivity index (χ0) is 10.7. The highest BCUT2D eigenvalue weighted by molar-refractivity contribution is 7.10. The Kier molecular flexibility index (Phi) is 3.21. The van der Waals surface area contributed by atoms with E-state index in [0.717, 1.165) is 0 Å². The predicted molar refractivity (Wildman–Crippen MR) is 50.6 cm³/mol. The zero-order valence-electron chi connectivity index (χ0n) is 7.14. The third-order valence-electron chi connectivity index (χ3n) is 1.64. The number of aromatic carboxylic acids is 1. The first-order valence-electron chi connectivity index (χ1n) is 3.80. The Morgan fingerprint density at radius 1 is 1.50 bits per heavy atom. The fourth-order valence-electron chi connectivity index (χ4n) is 0.904. The molecule has 0 aliphatic rings. The van der Waals surface area contributed by atoms with Crippen LogP contribution in [0.25, 0.3) is 0 Å². The molecule has 0 unspecified atom stereocenters. The van der Waals surface area contributed by atoms with Crippen molar-refractivity contribution in [2.45, 2.75) is 12.5 Å². The summed E-state index contributed by atoms with van der Waals surface area (Å²) in [4.78, 5) is 21.6. The summed E-state index contributed by atoms with van der Waals surface area (Å²) in [6, 6.07) is 0.464. The monoisotopic (exact) mass is 215 g/mol. The van der Waals surface area contributed by atoms with Crippen molar-refractivity contribution >= 4 is 23.3 Å². The van der Waals surface area contributed by atoms with E-state index < -0.39 is 18.0 Å². The smallest absolute Gasteiger partial charge is 0.336 e. The Labute approximate surface area is 83.8 Å². The molecule has 0 aliphatic carbocycles. The van der Waals surface area contributed by atoms with Crippen LogP contribution in [0, 0.1) is 0 Å². The van der Waals surface area contributed by atoms with Gasteiger partial charge in [-0.25, -0.2) is 4.79 Å². The lowest BCUT2D eigenvalue weighted by molar-refractivity contribution is -0.138. The van der Waals surface area contributed by atoms with Crippen LogP contribution < -0.4 is 5.73 Å². The van der Waals surface area contributed by atoms with Crippen LogP contribution in [0.3, 0.4) is 0 Å². The molecule has 0 aromatic carbocycles. The molecule has 5 nitrogen and oxygen atoms in total. The Bertz CT molecular complexity index is 360. The maximum Gasteiger partial charge on any atom is 0.336 e. The van der Waals surface area contributed by atoms with Crippen LogP contribution in [0.2, 0.25) is 0 Å². The summed E-state index contributed by atoms with van der Waals surface area (Å²) in [6.07, 6.45) is 0.160. The minimum absolute atomic E-state index is 0.160. The Morgan fingerprint density at radius 2 is 2.14 bits per heavy atom. The predicted octanol–water partition coefficient (Wildman–Crippen LogP) is 0.401. The highest BCUT2D eigenvalue weighted by Crippen LogP contribution is 2.16. The van der Waals surface area contributed by atoms with Crippen molar-refractivity contribution in [2.75, 3.05) is 0 Å². The molecule has 0 bridgehead atoms. The molecule has 4 N–H and O–H groups in total. The van der Waals surface area contributed by atoms with Crippen LogP contribution in [0.1, 0.15) is 15.2 Å². The van der Waals surface area contributed by atoms with E-state index >= 15 is 0 Å². The first kappa shape index (κ1) is 10.7.